The standard InChI is InChI=1S/C20H22NSi.2C19H18N.C18H16N.4C5H8O2.4Ir/c1-14-10-15(2)12-17(11-14)20-8-6-16-13-18(22(3,4)5)7-9-19(16)21-20;1-12-7-13(2)10-16(9-12)18-6-5-17-15(4)8-14(3)11-19(17)20-18;1-12-5-6-17-15(4)11-18(20-19(17)10-12)16-8-13(2)7-14(3)9-16;1-12-4-6-17-15(9-12)5-7-18(19-17)16-10-13(2)8-14(3)11-16;4*1-4(6)3-5(2)7;;;;/h6-11,13H,1-5H3;5-9,11H,1-4H3;5-8,10-11H,1-4H3;4-10H,1-3H3;4*3,6H,1-2H3;;;;/q4*-1;;;;;;;;. The van der Waals surface area contributed by atoms with E-state index in [1.54, 1.807) is 0 Å². The van der Waals surface area contributed by atoms with Crippen molar-refractivity contribution in [3.05, 3.63) is 302 Å². The van der Waals surface area contributed by atoms with Crippen LogP contribution in [0.5, 0.6) is 0 Å². The third-order valence-corrected chi connectivity index (χ3v) is 18.1. The van der Waals surface area contributed by atoms with E-state index in [0.717, 1.165) is 89.4 Å². The molecule has 0 saturated carbocycles. The molecule has 4 aromatic heterocycles. The number of nitrogens with zero attached hydrogens (tertiary/aromatic N) is 4. The fraction of sp³-hybridized carbons (Fsp3) is 0.250. The Morgan fingerprint density at radius 2 is 0.566 bits per heavy atom. The van der Waals surface area contributed by atoms with Crippen LogP contribution in [0, 0.1) is 114 Å². The van der Waals surface area contributed by atoms with Crippen LogP contribution in [0.25, 0.3) is 88.6 Å². The van der Waals surface area contributed by atoms with Gasteiger partial charge < -0.3 is 20.4 Å². The van der Waals surface area contributed by atoms with E-state index in [1.165, 1.54) is 156 Å². The maximum atomic E-state index is 10.0. The Balaban J connectivity index is 0.000000670. The summed E-state index contributed by atoms with van der Waals surface area (Å²) in [6.45, 7) is 45.9. The molecule has 0 aliphatic rings. The van der Waals surface area contributed by atoms with E-state index >= 15 is 0 Å². The molecule has 0 aliphatic carbocycles. The van der Waals surface area contributed by atoms with Crippen LogP contribution in [0.2, 0.25) is 19.6 Å². The normalized spacial score (nSPS) is 10.9. The Bertz CT molecular complexity index is 5200. The molecule has 0 fully saturated rings. The van der Waals surface area contributed by atoms with Gasteiger partial charge in [-0.1, -0.05) is 165 Å². The molecule has 113 heavy (non-hydrogen) atoms. The summed E-state index contributed by atoms with van der Waals surface area (Å²) in [7, 11) is -1.28. The van der Waals surface area contributed by atoms with E-state index in [0.29, 0.717) is 0 Å². The fourth-order valence-corrected chi connectivity index (χ4v) is 13.0. The first-order chi connectivity index (χ1) is 51.0. The Kier molecular flexibility index (Phi) is 43.6. The number of aromatic nitrogens is 4. The smallest absolute Gasteiger partial charge is 0.155 e. The van der Waals surface area contributed by atoms with Crippen molar-refractivity contribution >= 4 is 80.0 Å². The average molecular weight is 2240 g/mol. The summed E-state index contributed by atoms with van der Waals surface area (Å²) in [5.74, 6) is -0.250. The number of pyridine rings is 4. The van der Waals surface area contributed by atoms with E-state index < -0.39 is 8.07 Å². The van der Waals surface area contributed by atoms with Gasteiger partial charge in [0.05, 0.1) is 53.2 Å². The monoisotopic (exact) mass is 2240 g/mol. The number of aryl methyl sites for hydroxylation is 13. The molecular formula is C96H106Ir4N4O8Si-4. The van der Waals surface area contributed by atoms with Gasteiger partial charge in [-0.3, -0.25) is 39.1 Å². The molecule has 4 heterocycles. The number of ketones is 4. The van der Waals surface area contributed by atoms with Gasteiger partial charge in [0.2, 0.25) is 0 Å². The summed E-state index contributed by atoms with van der Waals surface area (Å²) in [6.07, 6.45) is 4.67. The molecule has 0 bridgehead atoms. The van der Waals surface area contributed by atoms with E-state index in [-0.39, 0.29) is 127 Å². The molecule has 12 rings (SSSR count). The maximum absolute atomic E-state index is 10.0. The first-order valence-corrected chi connectivity index (χ1v) is 39.6. The van der Waals surface area contributed by atoms with Crippen LogP contribution in [0.15, 0.2) is 205 Å². The van der Waals surface area contributed by atoms with Gasteiger partial charge in [-0.25, -0.2) is 0 Å². The molecule has 0 unspecified atom stereocenters. The van der Waals surface area contributed by atoms with E-state index in [2.05, 4.69) is 292 Å². The van der Waals surface area contributed by atoms with Crippen molar-refractivity contribution in [3.63, 3.8) is 0 Å². The van der Waals surface area contributed by atoms with Gasteiger partial charge in [0, 0.05) is 115 Å². The SMILES string of the molecule is CC(=O)C=C(C)O.CC(=O)C=C(C)O.CC(=O)C=C(C)O.CC(=O)C=C(C)O.Cc1[c-]c(-c2cc(C)c3ccc(C)cc3n2)cc(C)c1.Cc1[c-]c(-c2ccc3c(C)cc(C)cc3n2)cc(C)c1.Cc1[c-]c(-c2ccc3cc(C)ccc3n2)cc(C)c1.Cc1[c-]c(-c2ccc3cc([Si](C)(C)C)ccc3n2)cc(C)c1.[Ir].[Ir].[Ir].[Ir]. The van der Waals surface area contributed by atoms with Gasteiger partial charge >= 0.3 is 0 Å². The molecule has 4 N–H and O–H groups in total. The maximum Gasteiger partial charge on any atom is 0.155 e. The predicted molar refractivity (Wildman–Crippen MR) is 457 cm³/mol. The Morgan fingerprint density at radius 3 is 0.903 bits per heavy atom. The van der Waals surface area contributed by atoms with Crippen LogP contribution >= 0.6 is 0 Å². The molecule has 0 aliphatic heterocycles. The molecule has 17 heteroatoms. The first kappa shape index (κ1) is 102. The third kappa shape index (κ3) is 36.0. The summed E-state index contributed by atoms with van der Waals surface area (Å²) in [5.41, 5.74) is 28.4. The molecule has 4 radical (unpaired) electrons. The van der Waals surface area contributed by atoms with Crippen molar-refractivity contribution in [2.45, 2.75) is 165 Å². The number of hydrogen-bond acceptors (Lipinski definition) is 12. The molecule has 12 nitrogen and oxygen atoms in total. The van der Waals surface area contributed by atoms with Gasteiger partial charge in [0.1, 0.15) is 0 Å². The second kappa shape index (κ2) is 48.3. The number of carbonyl (C=O) groups is 4. The summed E-state index contributed by atoms with van der Waals surface area (Å²) < 4.78 is 0. The Hall–Kier alpha value is -8.95. The van der Waals surface area contributed by atoms with E-state index in [1.807, 2.05) is 0 Å². The van der Waals surface area contributed by atoms with E-state index in [4.69, 9.17) is 40.4 Å². The molecule has 602 valence electrons. The van der Waals surface area contributed by atoms with Crippen LogP contribution in [0.1, 0.15) is 128 Å². The minimum Gasteiger partial charge on any atom is -0.512 e. The van der Waals surface area contributed by atoms with Crippen molar-refractivity contribution in [2.24, 2.45) is 0 Å². The van der Waals surface area contributed by atoms with Gasteiger partial charge in [-0.05, 0) is 176 Å². The molecule has 12 aromatic rings. The molecule has 0 atom stereocenters. The van der Waals surface area contributed by atoms with Crippen LogP contribution < -0.4 is 5.19 Å². The number of rotatable bonds is 9. The molecule has 8 aromatic carbocycles. The van der Waals surface area contributed by atoms with Crippen molar-refractivity contribution in [1.29, 1.82) is 0 Å². The summed E-state index contributed by atoms with van der Waals surface area (Å²) in [4.78, 5) is 59.3. The zero-order valence-electron chi connectivity index (χ0n) is 69.4. The molecule has 0 amide bonds. The zero-order valence-corrected chi connectivity index (χ0v) is 79.9. The Morgan fingerprint density at radius 1 is 0.292 bits per heavy atom. The van der Waals surface area contributed by atoms with Crippen LogP contribution in [-0.4, -0.2) is 71.6 Å². The van der Waals surface area contributed by atoms with E-state index in [9.17, 15) is 19.2 Å². The topological polar surface area (TPSA) is 201 Å². The number of fused-ring (bicyclic) bond motifs is 4. The van der Waals surface area contributed by atoms with Crippen molar-refractivity contribution in [3.8, 4) is 45.0 Å². The van der Waals surface area contributed by atoms with Crippen molar-refractivity contribution in [2.75, 3.05) is 0 Å². The van der Waals surface area contributed by atoms with Crippen LogP contribution in [0.4, 0.5) is 0 Å². The largest absolute Gasteiger partial charge is 0.512 e. The predicted octanol–water partition coefficient (Wildman–Crippen LogP) is 23.5. The summed E-state index contributed by atoms with van der Waals surface area (Å²) in [6, 6.07) is 69.5. The first-order valence-electron chi connectivity index (χ1n) is 36.1. The molecule has 0 saturated heterocycles. The summed E-state index contributed by atoms with van der Waals surface area (Å²) >= 11 is 0. The van der Waals surface area contributed by atoms with Gasteiger partial charge in [0.25, 0.3) is 0 Å². The van der Waals surface area contributed by atoms with Crippen molar-refractivity contribution < 1.29 is 120 Å². The number of aliphatic hydroxyl groups excluding tert-OH is 4. The number of benzene rings is 8. The summed E-state index contributed by atoms with van der Waals surface area (Å²) in [5, 5.41) is 39.8. The number of hydrogen-bond donors (Lipinski definition) is 4. The molecule has 0 spiro atoms. The van der Waals surface area contributed by atoms with Gasteiger partial charge in [-0.15, -0.1) is 140 Å². The number of aliphatic hydroxyl groups is 4. The quantitative estimate of drug-likeness (QED) is 0.0462. The fourth-order valence-electron chi connectivity index (χ4n) is 11.8. The molecular weight excluding hydrogens is 2130 g/mol. The van der Waals surface area contributed by atoms with Crippen molar-refractivity contribution in [1.82, 2.24) is 19.9 Å². The van der Waals surface area contributed by atoms with Gasteiger partial charge in [-0.2, -0.15) is 0 Å². The van der Waals surface area contributed by atoms with Gasteiger partial charge in [0.15, 0.2) is 23.1 Å². The number of carbonyl (C=O) groups excluding carboxylic acids is 4. The minimum absolute atomic E-state index is 0. The van der Waals surface area contributed by atoms with Crippen LogP contribution in [0.3, 0.4) is 0 Å². The second-order valence-electron chi connectivity index (χ2n) is 29.0. The zero-order chi connectivity index (χ0) is 81.3. The average Bonchev–Trinajstić information content (AvgIpc) is 0.808. The minimum atomic E-state index is -1.28. The Labute approximate surface area is 725 Å². The second-order valence-corrected chi connectivity index (χ2v) is 34.1. The van der Waals surface area contributed by atoms with Crippen LogP contribution in [-0.2, 0) is 99.6 Å². The third-order valence-electron chi connectivity index (χ3n) is 16.1. The number of allylic oxidation sites excluding steroid dienone is 8.